The van der Waals surface area contributed by atoms with Crippen molar-refractivity contribution in [2.45, 2.75) is 51.6 Å². The SMILES string of the molecule is Cc1nnc2n1C[C@H](NC(=O)C(C)(C)c1ccc(F)cc1)CC2. The lowest BCUT2D eigenvalue weighted by Crippen LogP contribution is -2.48. The number of carbonyl (C=O) groups is 1. The summed E-state index contributed by atoms with van der Waals surface area (Å²) in [6.07, 6.45) is 1.66. The van der Waals surface area contributed by atoms with Gasteiger partial charge in [0.2, 0.25) is 5.91 Å². The molecule has 5 nitrogen and oxygen atoms in total. The Morgan fingerprint density at radius 1 is 1.30 bits per heavy atom. The van der Waals surface area contributed by atoms with E-state index >= 15 is 0 Å². The topological polar surface area (TPSA) is 59.8 Å². The first-order chi connectivity index (χ1) is 10.9. The van der Waals surface area contributed by atoms with Crippen LogP contribution in [0.25, 0.3) is 0 Å². The van der Waals surface area contributed by atoms with Crippen LogP contribution in [-0.2, 0) is 23.2 Å². The molecule has 0 radical (unpaired) electrons. The predicted molar refractivity (Wildman–Crippen MR) is 84.4 cm³/mol. The second-order valence-electron chi connectivity index (χ2n) is 6.62. The molecule has 1 aromatic carbocycles. The number of fused-ring (bicyclic) bond motifs is 1. The number of halogens is 1. The summed E-state index contributed by atoms with van der Waals surface area (Å²) in [5.41, 5.74) is 0.0873. The molecule has 1 amide bonds. The van der Waals surface area contributed by atoms with Gasteiger partial charge in [-0.15, -0.1) is 10.2 Å². The number of aryl methyl sites for hydroxylation is 2. The quantitative estimate of drug-likeness (QED) is 0.944. The zero-order valence-corrected chi connectivity index (χ0v) is 13.6. The summed E-state index contributed by atoms with van der Waals surface area (Å²) >= 11 is 0. The van der Waals surface area contributed by atoms with Crippen LogP contribution in [0.5, 0.6) is 0 Å². The van der Waals surface area contributed by atoms with E-state index in [0.717, 1.165) is 30.1 Å². The van der Waals surface area contributed by atoms with Gasteiger partial charge in [0.15, 0.2) is 0 Å². The van der Waals surface area contributed by atoms with Crippen molar-refractivity contribution in [3.8, 4) is 0 Å². The summed E-state index contributed by atoms with van der Waals surface area (Å²) in [7, 11) is 0. The van der Waals surface area contributed by atoms with E-state index in [-0.39, 0.29) is 17.8 Å². The van der Waals surface area contributed by atoms with E-state index in [4.69, 9.17) is 0 Å². The van der Waals surface area contributed by atoms with Gasteiger partial charge in [0, 0.05) is 19.0 Å². The standard InChI is InChI=1S/C17H21FN4O/c1-11-20-21-15-9-8-14(10-22(11)15)19-16(23)17(2,3)12-4-6-13(18)7-5-12/h4-7,14H,8-10H2,1-3H3,(H,19,23)/t14-/m1/s1. The van der Waals surface area contributed by atoms with Crippen molar-refractivity contribution in [1.29, 1.82) is 0 Å². The molecule has 0 bridgehead atoms. The van der Waals surface area contributed by atoms with Gasteiger partial charge in [0.25, 0.3) is 0 Å². The van der Waals surface area contributed by atoms with E-state index in [2.05, 4.69) is 20.1 Å². The Balaban J connectivity index is 1.71. The maximum absolute atomic E-state index is 13.1. The number of nitrogens with zero attached hydrogens (tertiary/aromatic N) is 3. The first kappa shape index (κ1) is 15.6. The fourth-order valence-electron chi connectivity index (χ4n) is 2.94. The zero-order valence-electron chi connectivity index (χ0n) is 13.6. The highest BCUT2D eigenvalue weighted by molar-refractivity contribution is 5.87. The molecule has 0 unspecified atom stereocenters. The van der Waals surface area contributed by atoms with Crippen molar-refractivity contribution in [2.24, 2.45) is 0 Å². The molecule has 0 aliphatic carbocycles. The van der Waals surface area contributed by atoms with Gasteiger partial charge in [0.05, 0.1) is 5.41 Å². The number of benzene rings is 1. The Labute approximate surface area is 134 Å². The number of amides is 1. The van der Waals surface area contributed by atoms with E-state index in [0.29, 0.717) is 6.54 Å². The van der Waals surface area contributed by atoms with E-state index in [1.54, 1.807) is 12.1 Å². The van der Waals surface area contributed by atoms with Crippen LogP contribution in [0.1, 0.15) is 37.5 Å². The average molecular weight is 316 g/mol. The van der Waals surface area contributed by atoms with Gasteiger partial charge in [-0.3, -0.25) is 4.79 Å². The van der Waals surface area contributed by atoms with Crippen LogP contribution in [0, 0.1) is 12.7 Å². The van der Waals surface area contributed by atoms with Crippen molar-refractivity contribution in [3.63, 3.8) is 0 Å². The minimum atomic E-state index is -0.712. The molecule has 1 aliphatic heterocycles. The first-order valence-corrected chi connectivity index (χ1v) is 7.83. The Kier molecular flexibility index (Phi) is 3.92. The summed E-state index contributed by atoms with van der Waals surface area (Å²) in [6.45, 7) is 6.32. The van der Waals surface area contributed by atoms with E-state index < -0.39 is 5.41 Å². The molecule has 0 fully saturated rings. The number of hydrogen-bond acceptors (Lipinski definition) is 3. The Hall–Kier alpha value is -2.24. The van der Waals surface area contributed by atoms with Crippen molar-refractivity contribution >= 4 is 5.91 Å². The monoisotopic (exact) mass is 316 g/mol. The molecule has 122 valence electrons. The predicted octanol–water partition coefficient (Wildman–Crippen LogP) is 2.13. The van der Waals surface area contributed by atoms with E-state index in [1.807, 2.05) is 20.8 Å². The molecule has 0 spiro atoms. The number of aromatic nitrogens is 3. The minimum Gasteiger partial charge on any atom is -0.351 e. The highest BCUT2D eigenvalue weighted by atomic mass is 19.1. The number of nitrogens with one attached hydrogen (secondary N) is 1. The molecule has 1 N–H and O–H groups in total. The van der Waals surface area contributed by atoms with E-state index in [9.17, 15) is 9.18 Å². The van der Waals surface area contributed by atoms with Crippen molar-refractivity contribution in [3.05, 3.63) is 47.3 Å². The Bertz CT molecular complexity index is 721. The van der Waals surface area contributed by atoms with Crippen molar-refractivity contribution in [2.75, 3.05) is 0 Å². The van der Waals surface area contributed by atoms with Gasteiger partial charge >= 0.3 is 0 Å². The number of hydrogen-bond donors (Lipinski definition) is 1. The van der Waals surface area contributed by atoms with Gasteiger partial charge in [-0.1, -0.05) is 12.1 Å². The second kappa shape index (κ2) is 5.76. The van der Waals surface area contributed by atoms with Crippen LogP contribution in [0.15, 0.2) is 24.3 Å². The largest absolute Gasteiger partial charge is 0.351 e. The highest BCUT2D eigenvalue weighted by Crippen LogP contribution is 2.24. The summed E-state index contributed by atoms with van der Waals surface area (Å²) in [5, 5.41) is 11.3. The molecule has 1 atom stereocenters. The third-order valence-corrected chi connectivity index (χ3v) is 4.60. The maximum Gasteiger partial charge on any atom is 0.230 e. The molecule has 3 rings (SSSR count). The Morgan fingerprint density at radius 2 is 2.00 bits per heavy atom. The summed E-state index contributed by atoms with van der Waals surface area (Å²) in [5.74, 6) is 1.50. The summed E-state index contributed by atoms with van der Waals surface area (Å²) < 4.78 is 15.1. The smallest absolute Gasteiger partial charge is 0.230 e. The third kappa shape index (κ3) is 2.98. The molecular weight excluding hydrogens is 295 g/mol. The molecule has 0 saturated heterocycles. The van der Waals surface area contributed by atoms with Crippen molar-refractivity contribution < 1.29 is 9.18 Å². The molecule has 0 saturated carbocycles. The normalized spacial score (nSPS) is 17.7. The van der Waals surface area contributed by atoms with Crippen LogP contribution in [0.3, 0.4) is 0 Å². The molecule has 23 heavy (non-hydrogen) atoms. The van der Waals surface area contributed by atoms with Crippen molar-refractivity contribution in [1.82, 2.24) is 20.1 Å². The van der Waals surface area contributed by atoms with Gasteiger partial charge in [-0.05, 0) is 44.9 Å². The molecule has 1 aromatic heterocycles. The molecule has 2 heterocycles. The highest BCUT2D eigenvalue weighted by Gasteiger charge is 2.32. The average Bonchev–Trinajstić information content (AvgIpc) is 2.89. The van der Waals surface area contributed by atoms with Gasteiger partial charge in [0.1, 0.15) is 17.5 Å². The summed E-state index contributed by atoms with van der Waals surface area (Å²) in [6, 6.07) is 6.16. The van der Waals surface area contributed by atoms with Gasteiger partial charge < -0.3 is 9.88 Å². The zero-order chi connectivity index (χ0) is 16.6. The molecule has 1 aliphatic rings. The van der Waals surface area contributed by atoms with Gasteiger partial charge in [-0.25, -0.2) is 4.39 Å². The fourth-order valence-corrected chi connectivity index (χ4v) is 2.94. The molecule has 6 heteroatoms. The van der Waals surface area contributed by atoms with Gasteiger partial charge in [-0.2, -0.15) is 0 Å². The van der Waals surface area contributed by atoms with Crippen LogP contribution >= 0.6 is 0 Å². The number of carbonyl (C=O) groups excluding carboxylic acids is 1. The molecule has 2 aromatic rings. The van der Waals surface area contributed by atoms with Crippen LogP contribution in [0.2, 0.25) is 0 Å². The summed E-state index contributed by atoms with van der Waals surface area (Å²) in [4.78, 5) is 12.7. The lowest BCUT2D eigenvalue weighted by atomic mass is 9.83. The van der Waals surface area contributed by atoms with E-state index in [1.165, 1.54) is 12.1 Å². The van der Waals surface area contributed by atoms with Crippen LogP contribution < -0.4 is 5.32 Å². The lowest BCUT2D eigenvalue weighted by Gasteiger charge is -2.30. The van der Waals surface area contributed by atoms with Crippen LogP contribution in [-0.4, -0.2) is 26.7 Å². The first-order valence-electron chi connectivity index (χ1n) is 7.83. The molecular formula is C17H21FN4O. The van der Waals surface area contributed by atoms with Crippen LogP contribution in [0.4, 0.5) is 4.39 Å². The maximum atomic E-state index is 13.1. The number of rotatable bonds is 3. The third-order valence-electron chi connectivity index (χ3n) is 4.60. The Morgan fingerprint density at radius 3 is 2.70 bits per heavy atom. The second-order valence-corrected chi connectivity index (χ2v) is 6.62. The lowest BCUT2D eigenvalue weighted by molar-refractivity contribution is -0.126. The minimum absolute atomic E-state index is 0.0525. The fraction of sp³-hybridized carbons (Fsp3) is 0.471.